The van der Waals surface area contributed by atoms with Gasteiger partial charge in [-0.15, -0.1) is 0 Å². The van der Waals surface area contributed by atoms with Crippen LogP contribution in [0.25, 0.3) is 0 Å². The Morgan fingerprint density at radius 1 is 1.37 bits per heavy atom. The van der Waals surface area contributed by atoms with E-state index < -0.39 is 17.4 Å². The van der Waals surface area contributed by atoms with Gasteiger partial charge < -0.3 is 15.2 Å². The monoisotopic (exact) mass is 267 g/mol. The van der Waals surface area contributed by atoms with E-state index in [-0.39, 0.29) is 25.3 Å². The van der Waals surface area contributed by atoms with Crippen molar-refractivity contribution in [2.75, 3.05) is 13.2 Å². The lowest BCUT2D eigenvalue weighted by molar-refractivity contribution is -0.147. The van der Waals surface area contributed by atoms with Crippen molar-refractivity contribution in [2.24, 2.45) is 0 Å². The number of halogens is 1. The maximum atomic E-state index is 12.7. The maximum Gasteiger partial charge on any atom is 0.331 e. The number of carboxylic acid groups (broad SMARTS) is 1. The van der Waals surface area contributed by atoms with E-state index in [1.165, 1.54) is 24.3 Å². The van der Waals surface area contributed by atoms with E-state index in [1.807, 2.05) is 0 Å². The average molecular weight is 267 g/mol. The standard InChI is InChI=1S/C13H14FNO4/c14-10-3-1-9(2-4-10)7-11(16)15-13(12(17)18)5-6-19-8-13/h1-4H,5-8H2,(H,15,16)(H,17,18). The second-order valence-electron chi connectivity index (χ2n) is 4.54. The van der Waals surface area contributed by atoms with Gasteiger partial charge in [0.2, 0.25) is 5.91 Å². The minimum absolute atomic E-state index is 0.00924. The highest BCUT2D eigenvalue weighted by Gasteiger charge is 2.43. The normalized spacial score (nSPS) is 22.2. The number of amides is 1. The molecule has 1 atom stereocenters. The highest BCUT2D eigenvalue weighted by atomic mass is 19.1. The smallest absolute Gasteiger partial charge is 0.331 e. The van der Waals surface area contributed by atoms with Crippen molar-refractivity contribution in [3.05, 3.63) is 35.6 Å². The molecule has 2 rings (SSSR count). The summed E-state index contributed by atoms with van der Waals surface area (Å²) >= 11 is 0. The quantitative estimate of drug-likeness (QED) is 0.843. The molecule has 1 heterocycles. The van der Waals surface area contributed by atoms with E-state index in [1.54, 1.807) is 0 Å². The second kappa shape index (κ2) is 5.36. The molecule has 1 unspecified atom stereocenters. The highest BCUT2D eigenvalue weighted by molar-refractivity contribution is 5.88. The van der Waals surface area contributed by atoms with Gasteiger partial charge in [0.05, 0.1) is 13.0 Å². The fraction of sp³-hybridized carbons (Fsp3) is 0.385. The first-order valence-electron chi connectivity index (χ1n) is 5.88. The third-order valence-corrected chi connectivity index (χ3v) is 3.09. The van der Waals surface area contributed by atoms with Gasteiger partial charge >= 0.3 is 5.97 Å². The summed E-state index contributed by atoms with van der Waals surface area (Å²) in [7, 11) is 0. The number of benzene rings is 1. The van der Waals surface area contributed by atoms with Crippen LogP contribution in [-0.2, 0) is 20.7 Å². The van der Waals surface area contributed by atoms with Crippen LogP contribution in [0.1, 0.15) is 12.0 Å². The number of carboxylic acids is 1. The molecule has 1 amide bonds. The van der Waals surface area contributed by atoms with E-state index in [0.717, 1.165) is 0 Å². The number of hydrogen-bond acceptors (Lipinski definition) is 3. The van der Waals surface area contributed by atoms with Crippen LogP contribution in [0.15, 0.2) is 24.3 Å². The Kier molecular flexibility index (Phi) is 3.80. The fourth-order valence-corrected chi connectivity index (χ4v) is 1.98. The van der Waals surface area contributed by atoms with E-state index in [9.17, 15) is 19.1 Å². The minimum atomic E-state index is -1.34. The van der Waals surface area contributed by atoms with Gasteiger partial charge in [0.25, 0.3) is 0 Å². The molecule has 1 aliphatic heterocycles. The lowest BCUT2D eigenvalue weighted by atomic mass is 9.98. The second-order valence-corrected chi connectivity index (χ2v) is 4.54. The molecule has 1 aliphatic rings. The topological polar surface area (TPSA) is 75.6 Å². The Bertz CT molecular complexity index is 480. The van der Waals surface area contributed by atoms with Gasteiger partial charge in [-0.3, -0.25) is 4.79 Å². The molecule has 0 aliphatic carbocycles. The minimum Gasteiger partial charge on any atom is -0.479 e. The molecular weight excluding hydrogens is 253 g/mol. The molecule has 1 aromatic carbocycles. The molecule has 0 saturated carbocycles. The van der Waals surface area contributed by atoms with Crippen LogP contribution in [0.4, 0.5) is 4.39 Å². The summed E-state index contributed by atoms with van der Waals surface area (Å²) in [6.07, 6.45) is 0.257. The molecular formula is C13H14FNO4. The molecule has 2 N–H and O–H groups in total. The molecule has 5 nitrogen and oxygen atoms in total. The first-order chi connectivity index (χ1) is 9.02. The number of carbonyl (C=O) groups is 2. The summed E-state index contributed by atoms with van der Waals surface area (Å²) in [5.41, 5.74) is -0.713. The van der Waals surface area contributed by atoms with Gasteiger partial charge in [0.15, 0.2) is 5.54 Å². The van der Waals surface area contributed by atoms with E-state index in [2.05, 4.69) is 5.32 Å². The number of ether oxygens (including phenoxy) is 1. The van der Waals surface area contributed by atoms with Crippen LogP contribution in [0.5, 0.6) is 0 Å². The molecule has 0 radical (unpaired) electrons. The van der Waals surface area contributed by atoms with Gasteiger partial charge in [-0.1, -0.05) is 12.1 Å². The molecule has 1 fully saturated rings. The average Bonchev–Trinajstić information content (AvgIpc) is 2.82. The van der Waals surface area contributed by atoms with Crippen LogP contribution in [0, 0.1) is 5.82 Å². The fourth-order valence-electron chi connectivity index (χ4n) is 1.98. The number of nitrogens with one attached hydrogen (secondary N) is 1. The zero-order valence-corrected chi connectivity index (χ0v) is 10.2. The van der Waals surface area contributed by atoms with Crippen molar-refractivity contribution in [1.82, 2.24) is 5.32 Å². The van der Waals surface area contributed by atoms with Crippen LogP contribution >= 0.6 is 0 Å². The SMILES string of the molecule is O=C(Cc1ccc(F)cc1)NC1(C(=O)O)CCOC1. The lowest BCUT2D eigenvalue weighted by Gasteiger charge is -2.23. The third kappa shape index (κ3) is 3.08. The van der Waals surface area contributed by atoms with Crippen LogP contribution in [0.3, 0.4) is 0 Å². The lowest BCUT2D eigenvalue weighted by Crippen LogP contribution is -2.55. The van der Waals surface area contributed by atoms with Crippen LogP contribution < -0.4 is 5.32 Å². The molecule has 102 valence electrons. The zero-order chi connectivity index (χ0) is 13.9. The largest absolute Gasteiger partial charge is 0.479 e. The molecule has 0 spiro atoms. The molecule has 0 bridgehead atoms. The number of carbonyl (C=O) groups excluding carboxylic acids is 1. The maximum absolute atomic E-state index is 12.7. The Morgan fingerprint density at radius 3 is 2.58 bits per heavy atom. The Balaban J connectivity index is 2.00. The molecule has 19 heavy (non-hydrogen) atoms. The first kappa shape index (κ1) is 13.5. The summed E-state index contributed by atoms with van der Waals surface area (Å²) in [6.45, 7) is 0.278. The number of rotatable bonds is 4. The van der Waals surface area contributed by atoms with Gasteiger partial charge in [0, 0.05) is 13.0 Å². The van der Waals surface area contributed by atoms with Gasteiger partial charge in [-0.2, -0.15) is 0 Å². The van der Waals surface area contributed by atoms with Crippen molar-refractivity contribution >= 4 is 11.9 Å². The molecule has 6 heteroatoms. The predicted octanol–water partition coefficient (Wildman–Crippen LogP) is 0.728. The van der Waals surface area contributed by atoms with Gasteiger partial charge in [0.1, 0.15) is 5.82 Å². The first-order valence-corrected chi connectivity index (χ1v) is 5.88. The van der Waals surface area contributed by atoms with Gasteiger partial charge in [-0.25, -0.2) is 9.18 Å². The van der Waals surface area contributed by atoms with Crippen molar-refractivity contribution in [2.45, 2.75) is 18.4 Å². The van der Waals surface area contributed by atoms with Crippen LogP contribution in [-0.4, -0.2) is 35.7 Å². The van der Waals surface area contributed by atoms with Crippen molar-refractivity contribution in [3.63, 3.8) is 0 Å². The summed E-state index contributed by atoms with van der Waals surface area (Å²) in [4.78, 5) is 23.1. The van der Waals surface area contributed by atoms with Crippen molar-refractivity contribution in [3.8, 4) is 0 Å². The summed E-state index contributed by atoms with van der Waals surface area (Å²) in [6, 6.07) is 5.50. The van der Waals surface area contributed by atoms with E-state index in [4.69, 9.17) is 4.74 Å². The predicted molar refractivity (Wildman–Crippen MR) is 64.0 cm³/mol. The third-order valence-electron chi connectivity index (χ3n) is 3.09. The van der Waals surface area contributed by atoms with E-state index >= 15 is 0 Å². The Hall–Kier alpha value is -1.95. The molecule has 0 aromatic heterocycles. The Morgan fingerprint density at radius 2 is 2.05 bits per heavy atom. The number of aliphatic carboxylic acids is 1. The summed E-state index contributed by atoms with van der Waals surface area (Å²) in [5, 5.41) is 11.7. The zero-order valence-electron chi connectivity index (χ0n) is 10.2. The Labute approximate surface area is 109 Å². The molecule has 1 saturated heterocycles. The summed E-state index contributed by atoms with van der Waals surface area (Å²) < 4.78 is 17.8. The highest BCUT2D eigenvalue weighted by Crippen LogP contribution is 2.19. The summed E-state index contributed by atoms with van der Waals surface area (Å²) in [5.74, 6) is -1.90. The van der Waals surface area contributed by atoms with Gasteiger partial charge in [-0.05, 0) is 17.7 Å². The van der Waals surface area contributed by atoms with E-state index in [0.29, 0.717) is 12.2 Å². The van der Waals surface area contributed by atoms with Crippen molar-refractivity contribution < 1.29 is 23.8 Å². The number of hydrogen-bond donors (Lipinski definition) is 2. The van der Waals surface area contributed by atoms with Crippen molar-refractivity contribution in [1.29, 1.82) is 0 Å². The molecule has 1 aromatic rings. The van der Waals surface area contributed by atoms with Crippen LogP contribution in [0.2, 0.25) is 0 Å².